The summed E-state index contributed by atoms with van der Waals surface area (Å²) < 4.78 is 1.00. The molecule has 0 aromatic heterocycles. The lowest BCUT2D eigenvalue weighted by molar-refractivity contribution is -0.113. The lowest BCUT2D eigenvalue weighted by Gasteiger charge is -2.06. The number of rotatable bonds is 6. The summed E-state index contributed by atoms with van der Waals surface area (Å²) in [5.74, 6) is 1.43. The summed E-state index contributed by atoms with van der Waals surface area (Å²) in [6.45, 7) is 1.97. The second-order valence-electron chi connectivity index (χ2n) is 3.87. The molecule has 0 aliphatic carbocycles. The summed E-state index contributed by atoms with van der Waals surface area (Å²) in [5.41, 5.74) is 6.45. The van der Waals surface area contributed by atoms with Crippen LogP contribution in [0.5, 0.6) is 0 Å². The van der Waals surface area contributed by atoms with E-state index in [9.17, 15) is 4.79 Å². The van der Waals surface area contributed by atoms with Crippen LogP contribution in [-0.2, 0) is 4.79 Å². The summed E-state index contributed by atoms with van der Waals surface area (Å²) in [4.78, 5) is 11.6. The molecule has 0 saturated heterocycles. The molecule has 1 aromatic carbocycles. The summed E-state index contributed by atoms with van der Waals surface area (Å²) in [6.07, 6.45) is 0.941. The third kappa shape index (κ3) is 6.71. The fourth-order valence-electron chi connectivity index (χ4n) is 1.16. The number of halogens is 1. The maximum atomic E-state index is 11.6. The quantitative estimate of drug-likeness (QED) is 0.793. The molecule has 3 N–H and O–H groups in total. The Morgan fingerprint density at radius 2 is 2.12 bits per heavy atom. The molecule has 5 heteroatoms. The average Bonchev–Trinajstić information content (AvgIpc) is 2.27. The molecule has 17 heavy (non-hydrogen) atoms. The van der Waals surface area contributed by atoms with Gasteiger partial charge in [-0.25, -0.2) is 0 Å². The zero-order valence-electron chi connectivity index (χ0n) is 9.78. The minimum Gasteiger partial charge on any atom is -0.328 e. The first kappa shape index (κ1) is 14.5. The molecule has 1 amide bonds. The number of hydrogen-bond acceptors (Lipinski definition) is 3. The topological polar surface area (TPSA) is 55.1 Å². The van der Waals surface area contributed by atoms with Crippen molar-refractivity contribution in [1.29, 1.82) is 0 Å². The molecule has 1 rings (SSSR count). The first-order valence-corrected chi connectivity index (χ1v) is 7.41. The largest absolute Gasteiger partial charge is 0.328 e. The highest BCUT2D eigenvalue weighted by Crippen LogP contribution is 2.14. The Morgan fingerprint density at radius 1 is 1.47 bits per heavy atom. The van der Waals surface area contributed by atoms with Crippen molar-refractivity contribution in [2.24, 2.45) is 5.73 Å². The van der Waals surface area contributed by atoms with E-state index in [-0.39, 0.29) is 11.9 Å². The lowest BCUT2D eigenvalue weighted by Crippen LogP contribution is -2.17. The van der Waals surface area contributed by atoms with Crippen LogP contribution in [0.15, 0.2) is 28.7 Å². The van der Waals surface area contributed by atoms with Gasteiger partial charge in [-0.3, -0.25) is 4.79 Å². The van der Waals surface area contributed by atoms with Gasteiger partial charge in [-0.1, -0.05) is 15.9 Å². The third-order valence-corrected chi connectivity index (χ3v) is 3.60. The van der Waals surface area contributed by atoms with E-state index in [4.69, 9.17) is 5.73 Å². The minimum atomic E-state index is 0.0296. The van der Waals surface area contributed by atoms with Crippen molar-refractivity contribution in [3.8, 4) is 0 Å². The number of benzene rings is 1. The van der Waals surface area contributed by atoms with Gasteiger partial charge in [0.1, 0.15) is 0 Å². The number of thioether (sulfide) groups is 1. The smallest absolute Gasteiger partial charge is 0.234 e. The van der Waals surface area contributed by atoms with Gasteiger partial charge in [0, 0.05) is 16.2 Å². The number of carbonyl (C=O) groups is 1. The second-order valence-corrected chi connectivity index (χ2v) is 5.89. The first-order chi connectivity index (χ1) is 8.08. The van der Waals surface area contributed by atoms with Gasteiger partial charge in [0.15, 0.2) is 0 Å². The van der Waals surface area contributed by atoms with Crippen molar-refractivity contribution in [2.45, 2.75) is 19.4 Å². The third-order valence-electron chi connectivity index (χ3n) is 2.08. The Balaban J connectivity index is 2.23. The molecule has 0 saturated carbocycles. The normalized spacial score (nSPS) is 12.2. The van der Waals surface area contributed by atoms with Crippen LogP contribution < -0.4 is 11.1 Å². The van der Waals surface area contributed by atoms with Crippen LogP contribution in [0.25, 0.3) is 0 Å². The second kappa shape index (κ2) is 7.74. The maximum Gasteiger partial charge on any atom is 0.234 e. The Morgan fingerprint density at radius 3 is 2.71 bits per heavy atom. The van der Waals surface area contributed by atoms with Crippen molar-refractivity contribution in [2.75, 3.05) is 16.8 Å². The van der Waals surface area contributed by atoms with Crippen LogP contribution in [-0.4, -0.2) is 23.5 Å². The van der Waals surface area contributed by atoms with E-state index >= 15 is 0 Å². The van der Waals surface area contributed by atoms with Gasteiger partial charge in [-0.05, 0) is 43.4 Å². The van der Waals surface area contributed by atoms with Crippen LogP contribution in [0, 0.1) is 0 Å². The SMILES string of the molecule is CC(N)CCSCC(=O)Nc1ccc(Br)cc1. The Labute approximate surface area is 115 Å². The standard InChI is InChI=1S/C12H17BrN2OS/c1-9(14)6-7-17-8-12(16)15-11-4-2-10(13)3-5-11/h2-5,9H,6-8,14H2,1H3,(H,15,16). The highest BCUT2D eigenvalue weighted by atomic mass is 79.9. The molecule has 1 unspecified atom stereocenters. The average molecular weight is 317 g/mol. The van der Waals surface area contributed by atoms with Crippen molar-refractivity contribution < 1.29 is 4.79 Å². The van der Waals surface area contributed by atoms with Gasteiger partial charge in [0.25, 0.3) is 0 Å². The number of amides is 1. The molecule has 0 bridgehead atoms. The molecule has 0 heterocycles. The van der Waals surface area contributed by atoms with E-state index in [0.29, 0.717) is 5.75 Å². The lowest BCUT2D eigenvalue weighted by atomic mass is 10.3. The fourth-order valence-corrected chi connectivity index (χ4v) is 2.37. The maximum absolute atomic E-state index is 11.6. The van der Waals surface area contributed by atoms with Crippen LogP contribution in [0.1, 0.15) is 13.3 Å². The number of hydrogen-bond donors (Lipinski definition) is 2. The molecular formula is C12H17BrN2OS. The number of carbonyl (C=O) groups excluding carboxylic acids is 1. The fraction of sp³-hybridized carbons (Fsp3) is 0.417. The molecule has 1 aromatic rings. The van der Waals surface area contributed by atoms with Gasteiger partial charge >= 0.3 is 0 Å². The first-order valence-electron chi connectivity index (χ1n) is 5.46. The molecule has 3 nitrogen and oxygen atoms in total. The molecule has 94 valence electrons. The monoisotopic (exact) mass is 316 g/mol. The summed E-state index contributed by atoms with van der Waals surface area (Å²) in [7, 11) is 0. The predicted octanol–water partition coefficient (Wildman–Crippen LogP) is 2.86. The Bertz CT molecular complexity index is 354. The van der Waals surface area contributed by atoms with E-state index in [1.807, 2.05) is 31.2 Å². The van der Waals surface area contributed by atoms with Crippen LogP contribution >= 0.6 is 27.7 Å². The van der Waals surface area contributed by atoms with E-state index in [2.05, 4.69) is 21.2 Å². The van der Waals surface area contributed by atoms with Crippen molar-refractivity contribution in [1.82, 2.24) is 0 Å². The molecule has 0 radical (unpaired) electrons. The van der Waals surface area contributed by atoms with Crippen molar-refractivity contribution in [3.05, 3.63) is 28.7 Å². The molecule has 1 atom stereocenters. The molecule has 0 aliphatic rings. The molecule has 0 aliphatic heterocycles. The Kier molecular flexibility index (Phi) is 6.62. The van der Waals surface area contributed by atoms with Gasteiger partial charge in [-0.2, -0.15) is 11.8 Å². The van der Waals surface area contributed by atoms with Gasteiger partial charge < -0.3 is 11.1 Å². The van der Waals surface area contributed by atoms with Gasteiger partial charge in [0.2, 0.25) is 5.91 Å². The summed E-state index contributed by atoms with van der Waals surface area (Å²) >= 11 is 4.96. The van der Waals surface area contributed by atoms with E-state index in [1.165, 1.54) is 0 Å². The van der Waals surface area contributed by atoms with Crippen LogP contribution in [0.2, 0.25) is 0 Å². The van der Waals surface area contributed by atoms with E-state index in [1.54, 1.807) is 11.8 Å². The summed E-state index contributed by atoms with van der Waals surface area (Å²) in [5, 5.41) is 2.85. The number of anilines is 1. The van der Waals surface area contributed by atoms with E-state index in [0.717, 1.165) is 22.3 Å². The predicted molar refractivity (Wildman–Crippen MR) is 78.4 cm³/mol. The van der Waals surface area contributed by atoms with Gasteiger partial charge in [0.05, 0.1) is 5.75 Å². The highest BCUT2D eigenvalue weighted by molar-refractivity contribution is 9.10. The van der Waals surface area contributed by atoms with E-state index < -0.39 is 0 Å². The van der Waals surface area contributed by atoms with Crippen LogP contribution in [0.4, 0.5) is 5.69 Å². The number of nitrogens with one attached hydrogen (secondary N) is 1. The minimum absolute atomic E-state index is 0.0296. The molecule has 0 spiro atoms. The zero-order valence-corrected chi connectivity index (χ0v) is 12.2. The highest BCUT2D eigenvalue weighted by Gasteiger charge is 2.03. The van der Waals surface area contributed by atoms with Crippen LogP contribution in [0.3, 0.4) is 0 Å². The molecule has 0 fully saturated rings. The zero-order chi connectivity index (χ0) is 12.7. The number of nitrogens with two attached hydrogens (primary N) is 1. The van der Waals surface area contributed by atoms with Crippen molar-refractivity contribution in [3.63, 3.8) is 0 Å². The van der Waals surface area contributed by atoms with Crippen molar-refractivity contribution >= 4 is 39.3 Å². The summed E-state index contributed by atoms with van der Waals surface area (Å²) in [6, 6.07) is 7.75. The Hall–Kier alpha value is -0.520. The van der Waals surface area contributed by atoms with Gasteiger partial charge in [-0.15, -0.1) is 0 Å². The molecular weight excluding hydrogens is 300 g/mol.